The summed E-state index contributed by atoms with van der Waals surface area (Å²) in [7, 11) is 1.97. The van der Waals surface area contributed by atoms with Crippen molar-refractivity contribution in [1.29, 1.82) is 0 Å². The van der Waals surface area contributed by atoms with Crippen molar-refractivity contribution in [2.24, 2.45) is 18.0 Å². The molecule has 1 aromatic heterocycles. The summed E-state index contributed by atoms with van der Waals surface area (Å²) in [6.45, 7) is 6.35. The molecule has 1 aliphatic rings. The largest absolute Gasteiger partial charge is 0.364 e. The average Bonchev–Trinajstić information content (AvgIpc) is 2.89. The molecule has 1 aromatic rings. The highest BCUT2D eigenvalue weighted by molar-refractivity contribution is 8.14. The highest BCUT2D eigenvalue weighted by Crippen LogP contribution is 2.25. The molecule has 0 saturated carbocycles. The third-order valence-electron chi connectivity index (χ3n) is 2.88. The Hall–Kier alpha value is -1.04. The zero-order valence-corrected chi connectivity index (χ0v) is 12.1. The van der Waals surface area contributed by atoms with Crippen LogP contribution in [-0.4, -0.2) is 38.3 Å². The van der Waals surface area contributed by atoms with Gasteiger partial charge < -0.3 is 9.88 Å². The number of hydrogen-bond donors (Lipinski definition) is 1. The van der Waals surface area contributed by atoms with Crippen LogP contribution < -0.4 is 5.32 Å². The fourth-order valence-corrected chi connectivity index (χ4v) is 3.26. The molecule has 0 aromatic carbocycles. The van der Waals surface area contributed by atoms with Crippen LogP contribution in [0.25, 0.3) is 0 Å². The number of hydrogen-bond acceptors (Lipinski definition) is 5. The Bertz CT molecular complexity index is 412. The van der Waals surface area contributed by atoms with E-state index in [9.17, 15) is 0 Å². The topological polar surface area (TPSA) is 55.1 Å². The van der Waals surface area contributed by atoms with Crippen LogP contribution in [0, 0.1) is 5.92 Å². The highest BCUT2D eigenvalue weighted by atomic mass is 32.2. The van der Waals surface area contributed by atoms with Crippen molar-refractivity contribution in [3.8, 4) is 0 Å². The molecule has 6 heteroatoms. The van der Waals surface area contributed by atoms with Gasteiger partial charge in [0.25, 0.3) is 0 Å². The minimum Gasteiger partial charge on any atom is -0.364 e. The van der Waals surface area contributed by atoms with Gasteiger partial charge in [-0.3, -0.25) is 4.99 Å². The highest BCUT2D eigenvalue weighted by Gasteiger charge is 2.20. The van der Waals surface area contributed by atoms with E-state index in [1.54, 1.807) is 6.33 Å². The number of aromatic nitrogens is 3. The number of thioether (sulfide) groups is 1. The Labute approximate surface area is 112 Å². The lowest BCUT2D eigenvalue weighted by Crippen LogP contribution is -2.23. The maximum atomic E-state index is 4.54. The van der Waals surface area contributed by atoms with Crippen molar-refractivity contribution in [3.05, 3.63) is 12.2 Å². The predicted molar refractivity (Wildman–Crippen MR) is 75.8 cm³/mol. The van der Waals surface area contributed by atoms with Gasteiger partial charge in [0.2, 0.25) is 0 Å². The van der Waals surface area contributed by atoms with Gasteiger partial charge >= 0.3 is 0 Å². The number of aryl methyl sites for hydroxylation is 1. The summed E-state index contributed by atoms with van der Waals surface area (Å²) in [5.74, 6) is 1.75. The van der Waals surface area contributed by atoms with Gasteiger partial charge in [-0.15, -0.1) is 10.2 Å². The predicted octanol–water partition coefficient (Wildman–Crippen LogP) is 1.46. The first kappa shape index (κ1) is 13.4. The Balaban J connectivity index is 1.68. The van der Waals surface area contributed by atoms with Crippen molar-refractivity contribution in [2.45, 2.75) is 31.9 Å². The van der Waals surface area contributed by atoms with Gasteiger partial charge in [-0.2, -0.15) is 0 Å². The van der Waals surface area contributed by atoms with Gasteiger partial charge in [0.05, 0.1) is 6.54 Å². The number of amidine groups is 1. The maximum absolute atomic E-state index is 4.54. The summed E-state index contributed by atoms with van der Waals surface area (Å²) in [6.07, 6.45) is 3.85. The van der Waals surface area contributed by atoms with Gasteiger partial charge in [-0.1, -0.05) is 25.6 Å². The average molecular weight is 267 g/mol. The van der Waals surface area contributed by atoms with Crippen molar-refractivity contribution in [3.63, 3.8) is 0 Å². The molecule has 0 fully saturated rings. The third-order valence-corrected chi connectivity index (χ3v) is 4.05. The van der Waals surface area contributed by atoms with Gasteiger partial charge in [-0.25, -0.2) is 0 Å². The lowest BCUT2D eigenvalue weighted by molar-refractivity contribution is 0.575. The van der Waals surface area contributed by atoms with Gasteiger partial charge in [-0.05, 0) is 12.3 Å². The monoisotopic (exact) mass is 267 g/mol. The Morgan fingerprint density at radius 2 is 2.39 bits per heavy atom. The number of aliphatic imine (C=N–C) groups is 1. The summed E-state index contributed by atoms with van der Waals surface area (Å²) >= 11 is 1.88. The van der Waals surface area contributed by atoms with Crippen LogP contribution in [0.4, 0.5) is 0 Å². The van der Waals surface area contributed by atoms with Crippen LogP contribution in [0.1, 0.15) is 26.1 Å². The van der Waals surface area contributed by atoms with Crippen LogP contribution in [0.5, 0.6) is 0 Å². The molecule has 0 radical (unpaired) electrons. The van der Waals surface area contributed by atoms with Crippen molar-refractivity contribution in [2.75, 3.05) is 13.1 Å². The molecule has 1 aliphatic heterocycles. The van der Waals surface area contributed by atoms with Crippen molar-refractivity contribution in [1.82, 2.24) is 20.1 Å². The molecule has 1 unspecified atom stereocenters. The molecule has 2 heterocycles. The van der Waals surface area contributed by atoms with E-state index in [1.165, 1.54) is 6.42 Å². The zero-order valence-electron chi connectivity index (χ0n) is 11.3. The second-order valence-electron chi connectivity index (χ2n) is 5.05. The fourth-order valence-electron chi connectivity index (χ4n) is 1.98. The first-order valence-corrected chi connectivity index (χ1v) is 7.31. The van der Waals surface area contributed by atoms with E-state index in [-0.39, 0.29) is 0 Å². The van der Waals surface area contributed by atoms with Crippen molar-refractivity contribution >= 4 is 16.9 Å². The van der Waals surface area contributed by atoms with Crippen LogP contribution in [0.3, 0.4) is 0 Å². The summed E-state index contributed by atoms with van der Waals surface area (Å²) in [5, 5.41) is 13.1. The van der Waals surface area contributed by atoms with Crippen molar-refractivity contribution < 1.29 is 0 Å². The molecular weight excluding hydrogens is 246 g/mol. The Morgan fingerprint density at radius 1 is 1.56 bits per heavy atom. The van der Waals surface area contributed by atoms with Crippen LogP contribution in [-0.2, 0) is 13.5 Å². The lowest BCUT2D eigenvalue weighted by atomic mass is 10.1. The van der Waals surface area contributed by atoms with E-state index in [4.69, 9.17) is 0 Å². The molecule has 0 bridgehead atoms. The molecule has 100 valence electrons. The van der Waals surface area contributed by atoms with Crippen LogP contribution >= 0.6 is 11.8 Å². The molecule has 5 nitrogen and oxygen atoms in total. The molecule has 1 atom stereocenters. The zero-order chi connectivity index (χ0) is 13.0. The Morgan fingerprint density at radius 3 is 3.06 bits per heavy atom. The summed E-state index contributed by atoms with van der Waals surface area (Å²) < 4.78 is 1.95. The maximum Gasteiger partial charge on any atom is 0.156 e. The lowest BCUT2D eigenvalue weighted by Gasteiger charge is -2.11. The molecule has 0 amide bonds. The molecule has 0 spiro atoms. The van der Waals surface area contributed by atoms with E-state index >= 15 is 0 Å². The standard InChI is InChI=1S/C12H21N5S/c1-9(2)6-10-7-14-12(18-10)13-5-4-11-16-15-8-17(11)3/h8-10H,4-7H2,1-3H3,(H,13,14). The van der Waals surface area contributed by atoms with Gasteiger partial charge in [0.1, 0.15) is 12.2 Å². The quantitative estimate of drug-likeness (QED) is 0.877. The fraction of sp³-hybridized carbons (Fsp3) is 0.750. The third kappa shape index (κ3) is 3.73. The summed E-state index contributed by atoms with van der Waals surface area (Å²) in [6, 6.07) is 0. The van der Waals surface area contributed by atoms with E-state index in [0.717, 1.165) is 36.4 Å². The molecular formula is C12H21N5S. The van der Waals surface area contributed by atoms with Gasteiger partial charge in [0.15, 0.2) is 5.17 Å². The molecule has 18 heavy (non-hydrogen) atoms. The number of nitrogens with zero attached hydrogens (tertiary/aromatic N) is 4. The van der Waals surface area contributed by atoms with Crippen LogP contribution in [0.2, 0.25) is 0 Å². The second kappa shape index (κ2) is 6.22. The van der Waals surface area contributed by atoms with Crippen LogP contribution in [0.15, 0.2) is 11.3 Å². The normalized spacial score (nSPS) is 19.3. The summed E-state index contributed by atoms with van der Waals surface area (Å²) in [4.78, 5) is 4.54. The number of nitrogens with one attached hydrogen (secondary N) is 1. The second-order valence-corrected chi connectivity index (χ2v) is 6.34. The minimum atomic E-state index is 0.655. The van der Waals surface area contributed by atoms with E-state index in [1.807, 2.05) is 23.4 Å². The molecule has 1 N–H and O–H groups in total. The molecule has 2 rings (SSSR count). The molecule has 0 saturated heterocycles. The minimum absolute atomic E-state index is 0.655. The Kier molecular flexibility index (Phi) is 4.63. The van der Waals surface area contributed by atoms with E-state index in [2.05, 4.69) is 34.4 Å². The first-order valence-electron chi connectivity index (χ1n) is 6.43. The number of rotatable bonds is 5. The summed E-state index contributed by atoms with van der Waals surface area (Å²) in [5.41, 5.74) is 0. The van der Waals surface area contributed by atoms with E-state index in [0.29, 0.717) is 5.25 Å². The first-order chi connectivity index (χ1) is 8.65. The molecule has 0 aliphatic carbocycles. The van der Waals surface area contributed by atoms with Gasteiger partial charge in [0, 0.05) is 25.3 Å². The van der Waals surface area contributed by atoms with E-state index < -0.39 is 0 Å². The smallest absolute Gasteiger partial charge is 0.156 e. The SMILES string of the molecule is CC(C)CC1CN=C(NCCc2nncn2C)S1.